The van der Waals surface area contributed by atoms with Gasteiger partial charge in [-0.1, -0.05) is 19.1 Å². The van der Waals surface area contributed by atoms with E-state index in [1.54, 1.807) is 13.0 Å². The van der Waals surface area contributed by atoms with Crippen molar-refractivity contribution in [3.63, 3.8) is 0 Å². The lowest BCUT2D eigenvalue weighted by Gasteiger charge is -2.21. The normalized spacial score (nSPS) is 15.8. The molecule has 0 aromatic rings. The summed E-state index contributed by atoms with van der Waals surface area (Å²) in [5.74, 6) is -0.538. The van der Waals surface area contributed by atoms with Gasteiger partial charge in [0.05, 0.1) is 7.11 Å². The van der Waals surface area contributed by atoms with Crippen LogP contribution in [-0.4, -0.2) is 25.2 Å². The van der Waals surface area contributed by atoms with Gasteiger partial charge in [-0.2, -0.15) is 0 Å². The summed E-state index contributed by atoms with van der Waals surface area (Å²) in [5.41, 5.74) is 0.713. The lowest BCUT2D eigenvalue weighted by Crippen LogP contribution is -2.21. The van der Waals surface area contributed by atoms with Gasteiger partial charge in [-0.25, -0.2) is 9.59 Å². The largest absolute Gasteiger partial charge is 0.466 e. The van der Waals surface area contributed by atoms with E-state index in [-0.39, 0.29) is 12.1 Å². The third-order valence-electron chi connectivity index (χ3n) is 2.95. The van der Waals surface area contributed by atoms with Gasteiger partial charge >= 0.3 is 11.9 Å². The maximum atomic E-state index is 11.4. The molecule has 0 radical (unpaired) electrons. The summed E-state index contributed by atoms with van der Waals surface area (Å²) in [6, 6.07) is 0. The van der Waals surface area contributed by atoms with E-state index in [0.29, 0.717) is 5.57 Å². The Bertz CT molecular complexity index is 325. The molecule has 1 aliphatic rings. The van der Waals surface area contributed by atoms with Crippen molar-refractivity contribution in [1.82, 2.24) is 0 Å². The maximum absolute atomic E-state index is 11.4. The first-order valence-electron chi connectivity index (χ1n) is 6.59. The number of hydrogen-bond acceptors (Lipinski definition) is 4. The van der Waals surface area contributed by atoms with Gasteiger partial charge in [-0.3, -0.25) is 0 Å². The van der Waals surface area contributed by atoms with E-state index in [9.17, 15) is 9.59 Å². The number of allylic oxidation sites excluding steroid dienone is 1. The van der Waals surface area contributed by atoms with Crippen molar-refractivity contribution in [3.05, 3.63) is 24.3 Å². The molecule has 1 aliphatic carbocycles. The van der Waals surface area contributed by atoms with Crippen LogP contribution in [-0.2, 0) is 19.1 Å². The standard InChI is InChI=1S/C11H18O2.C4H6O2/c1-3-9(2)11(12)13-10-7-5-4-6-8-10;1-3-4(5)6-2/h3,10H,4-8H2,1-2H3;3H,1H2,2H3. The lowest BCUT2D eigenvalue weighted by molar-refractivity contribution is -0.145. The molecule has 0 saturated heterocycles. The summed E-state index contributed by atoms with van der Waals surface area (Å²) in [7, 11) is 1.31. The number of methoxy groups -OCH3 is 1. The third-order valence-corrected chi connectivity index (χ3v) is 2.95. The van der Waals surface area contributed by atoms with Crippen molar-refractivity contribution >= 4 is 11.9 Å². The van der Waals surface area contributed by atoms with Crippen LogP contribution in [0.25, 0.3) is 0 Å². The van der Waals surface area contributed by atoms with Gasteiger partial charge in [0, 0.05) is 11.6 Å². The zero-order valence-corrected chi connectivity index (χ0v) is 12.1. The van der Waals surface area contributed by atoms with Gasteiger partial charge in [0.1, 0.15) is 6.10 Å². The number of ether oxygens (including phenoxy) is 2. The Morgan fingerprint density at radius 1 is 1.21 bits per heavy atom. The van der Waals surface area contributed by atoms with E-state index in [1.165, 1.54) is 26.4 Å². The zero-order chi connectivity index (χ0) is 14.7. The highest BCUT2D eigenvalue weighted by Crippen LogP contribution is 2.21. The van der Waals surface area contributed by atoms with Crippen molar-refractivity contribution < 1.29 is 19.1 Å². The Balaban J connectivity index is 0.000000459. The second-order valence-electron chi connectivity index (χ2n) is 4.36. The first-order valence-corrected chi connectivity index (χ1v) is 6.59. The number of hydrogen-bond donors (Lipinski definition) is 0. The zero-order valence-electron chi connectivity index (χ0n) is 12.1. The Morgan fingerprint density at radius 2 is 1.79 bits per heavy atom. The monoisotopic (exact) mass is 268 g/mol. The SMILES string of the molecule is C=CC(=O)OC.CC=C(C)C(=O)OC1CCCCC1. The number of carbonyl (C=O) groups excluding carboxylic acids is 2. The topological polar surface area (TPSA) is 52.6 Å². The highest BCUT2D eigenvalue weighted by atomic mass is 16.5. The van der Waals surface area contributed by atoms with Crippen molar-refractivity contribution in [2.45, 2.75) is 52.1 Å². The van der Waals surface area contributed by atoms with Gasteiger partial charge in [-0.15, -0.1) is 0 Å². The lowest BCUT2D eigenvalue weighted by atomic mass is 9.98. The average molecular weight is 268 g/mol. The molecule has 0 aromatic heterocycles. The smallest absolute Gasteiger partial charge is 0.333 e. The van der Waals surface area contributed by atoms with Crippen LogP contribution in [0.15, 0.2) is 24.3 Å². The van der Waals surface area contributed by atoms with Crippen LogP contribution in [0.1, 0.15) is 46.0 Å². The number of carbonyl (C=O) groups is 2. The molecular weight excluding hydrogens is 244 g/mol. The quantitative estimate of drug-likeness (QED) is 0.582. The Labute approximate surface area is 115 Å². The fraction of sp³-hybridized carbons (Fsp3) is 0.600. The van der Waals surface area contributed by atoms with Crippen LogP contribution >= 0.6 is 0 Å². The van der Waals surface area contributed by atoms with Crippen molar-refractivity contribution in [1.29, 1.82) is 0 Å². The van der Waals surface area contributed by atoms with E-state index in [0.717, 1.165) is 18.9 Å². The Kier molecular flexibility index (Phi) is 9.49. The third kappa shape index (κ3) is 8.19. The van der Waals surface area contributed by atoms with Gasteiger partial charge in [0.2, 0.25) is 0 Å². The van der Waals surface area contributed by atoms with Crippen LogP contribution in [0.3, 0.4) is 0 Å². The van der Waals surface area contributed by atoms with E-state index < -0.39 is 5.97 Å². The van der Waals surface area contributed by atoms with Gasteiger partial charge in [0.25, 0.3) is 0 Å². The average Bonchev–Trinajstić information content (AvgIpc) is 2.47. The molecule has 0 N–H and O–H groups in total. The molecule has 0 atom stereocenters. The summed E-state index contributed by atoms with van der Waals surface area (Å²) >= 11 is 0. The first kappa shape index (κ1) is 17.4. The molecule has 1 rings (SSSR count). The summed E-state index contributed by atoms with van der Waals surface area (Å²) < 4.78 is 9.48. The van der Waals surface area contributed by atoms with Crippen LogP contribution in [0.2, 0.25) is 0 Å². The Hall–Kier alpha value is -1.58. The van der Waals surface area contributed by atoms with Crippen molar-refractivity contribution in [2.75, 3.05) is 7.11 Å². The second kappa shape index (κ2) is 10.4. The minimum Gasteiger partial charge on any atom is -0.466 e. The molecule has 19 heavy (non-hydrogen) atoms. The van der Waals surface area contributed by atoms with Gasteiger partial charge in [-0.05, 0) is 39.5 Å². The Morgan fingerprint density at radius 3 is 2.16 bits per heavy atom. The second-order valence-corrected chi connectivity index (χ2v) is 4.36. The molecule has 4 nitrogen and oxygen atoms in total. The van der Waals surface area contributed by atoms with E-state index in [4.69, 9.17) is 4.74 Å². The fourth-order valence-corrected chi connectivity index (χ4v) is 1.63. The van der Waals surface area contributed by atoms with Crippen LogP contribution < -0.4 is 0 Å². The summed E-state index contributed by atoms with van der Waals surface area (Å²) in [6.07, 6.45) is 8.86. The van der Waals surface area contributed by atoms with Crippen LogP contribution in [0.4, 0.5) is 0 Å². The number of rotatable bonds is 3. The molecule has 4 heteroatoms. The molecular formula is C15H24O4. The molecule has 1 fully saturated rings. The molecule has 0 aromatic carbocycles. The van der Waals surface area contributed by atoms with Crippen molar-refractivity contribution in [2.24, 2.45) is 0 Å². The van der Waals surface area contributed by atoms with Crippen LogP contribution in [0, 0.1) is 0 Å². The molecule has 108 valence electrons. The van der Waals surface area contributed by atoms with Gasteiger partial charge < -0.3 is 9.47 Å². The molecule has 0 bridgehead atoms. The molecule has 0 spiro atoms. The van der Waals surface area contributed by atoms with Crippen LogP contribution in [0.5, 0.6) is 0 Å². The molecule has 0 heterocycles. The highest BCUT2D eigenvalue weighted by Gasteiger charge is 2.17. The maximum Gasteiger partial charge on any atom is 0.333 e. The minimum absolute atomic E-state index is 0.144. The summed E-state index contributed by atoms with van der Waals surface area (Å²) in [4.78, 5) is 21.2. The predicted octanol–water partition coefficient (Wildman–Crippen LogP) is 3.17. The van der Waals surface area contributed by atoms with E-state index in [2.05, 4.69) is 11.3 Å². The minimum atomic E-state index is -0.394. The fourth-order valence-electron chi connectivity index (χ4n) is 1.63. The predicted molar refractivity (Wildman–Crippen MR) is 74.6 cm³/mol. The summed E-state index contributed by atoms with van der Waals surface area (Å²) in [5, 5.41) is 0. The van der Waals surface area contributed by atoms with E-state index in [1.807, 2.05) is 6.92 Å². The molecule has 0 amide bonds. The molecule has 0 unspecified atom stereocenters. The number of esters is 2. The molecule has 0 aliphatic heterocycles. The summed E-state index contributed by atoms with van der Waals surface area (Å²) in [6.45, 7) is 6.81. The first-order chi connectivity index (χ1) is 9.04. The van der Waals surface area contributed by atoms with Crippen molar-refractivity contribution in [3.8, 4) is 0 Å². The van der Waals surface area contributed by atoms with E-state index >= 15 is 0 Å². The van der Waals surface area contributed by atoms with Gasteiger partial charge in [0.15, 0.2) is 0 Å². The molecule has 1 saturated carbocycles. The highest BCUT2D eigenvalue weighted by molar-refractivity contribution is 5.87.